The van der Waals surface area contributed by atoms with E-state index in [9.17, 15) is 10.2 Å². The molecule has 7 nitrogen and oxygen atoms in total. The zero-order valence-electron chi connectivity index (χ0n) is 16.1. The van der Waals surface area contributed by atoms with Crippen molar-refractivity contribution in [1.29, 1.82) is 0 Å². The van der Waals surface area contributed by atoms with Gasteiger partial charge in [0.2, 0.25) is 5.95 Å². The van der Waals surface area contributed by atoms with E-state index in [2.05, 4.69) is 26.4 Å². The lowest BCUT2D eigenvalue weighted by molar-refractivity contribution is -0.0425. The molecule has 28 heavy (non-hydrogen) atoms. The van der Waals surface area contributed by atoms with Crippen molar-refractivity contribution in [1.82, 2.24) is 19.7 Å². The third-order valence-corrected chi connectivity index (χ3v) is 5.19. The molecule has 1 fully saturated rings. The van der Waals surface area contributed by atoms with Crippen molar-refractivity contribution in [3.63, 3.8) is 0 Å². The molecule has 3 unspecified atom stereocenters. The fraction of sp³-hybridized carbons (Fsp3) is 0.381. The maximum atomic E-state index is 10.3. The summed E-state index contributed by atoms with van der Waals surface area (Å²) in [6.45, 7) is 3.97. The van der Waals surface area contributed by atoms with Crippen LogP contribution in [-0.2, 0) is 0 Å². The number of hydrogen-bond acceptors (Lipinski definition) is 6. The third-order valence-electron chi connectivity index (χ3n) is 5.19. The van der Waals surface area contributed by atoms with Gasteiger partial charge in [0.05, 0.1) is 18.3 Å². The van der Waals surface area contributed by atoms with Crippen molar-refractivity contribution < 1.29 is 10.2 Å². The number of aliphatic hydroxyl groups excluding tert-OH is 2. The molecule has 1 aromatic carbocycles. The molecule has 0 amide bonds. The Morgan fingerprint density at radius 2 is 1.96 bits per heavy atom. The average molecular weight is 379 g/mol. The van der Waals surface area contributed by atoms with Gasteiger partial charge in [-0.2, -0.15) is 5.10 Å². The summed E-state index contributed by atoms with van der Waals surface area (Å²) in [6, 6.07) is 7.83. The second-order valence-electron chi connectivity index (χ2n) is 7.50. The summed E-state index contributed by atoms with van der Waals surface area (Å²) in [6.07, 6.45) is 6.33. The number of hydrogen-bond donors (Lipinski definition) is 3. The van der Waals surface area contributed by atoms with Gasteiger partial charge in [0.1, 0.15) is 6.10 Å². The normalized spacial score (nSPS) is 22.2. The van der Waals surface area contributed by atoms with Gasteiger partial charge in [-0.15, -0.1) is 0 Å². The van der Waals surface area contributed by atoms with E-state index in [4.69, 9.17) is 0 Å². The lowest BCUT2D eigenvalue weighted by atomic mass is 9.90. The highest BCUT2D eigenvalue weighted by atomic mass is 16.3. The van der Waals surface area contributed by atoms with E-state index < -0.39 is 12.2 Å². The Hall–Kier alpha value is -2.77. The van der Waals surface area contributed by atoms with Crippen molar-refractivity contribution >= 4 is 11.6 Å². The smallest absolute Gasteiger partial charge is 0.227 e. The molecule has 3 atom stereocenters. The van der Waals surface area contributed by atoms with Crippen molar-refractivity contribution in [2.24, 2.45) is 0 Å². The molecule has 4 rings (SSSR count). The van der Waals surface area contributed by atoms with Crippen molar-refractivity contribution in [3.05, 3.63) is 54.1 Å². The van der Waals surface area contributed by atoms with Crippen LogP contribution in [0, 0.1) is 13.8 Å². The Morgan fingerprint density at radius 1 is 1.11 bits per heavy atom. The first-order valence-corrected chi connectivity index (χ1v) is 9.58. The van der Waals surface area contributed by atoms with Gasteiger partial charge < -0.3 is 15.5 Å². The highest BCUT2D eigenvalue weighted by molar-refractivity contribution is 5.70. The summed E-state index contributed by atoms with van der Waals surface area (Å²) in [7, 11) is 0. The minimum atomic E-state index is -0.783. The number of nitrogens with zero attached hydrogens (tertiary/aromatic N) is 4. The van der Waals surface area contributed by atoms with Gasteiger partial charge in [0, 0.05) is 29.3 Å². The van der Waals surface area contributed by atoms with Crippen LogP contribution in [0.1, 0.15) is 36.6 Å². The van der Waals surface area contributed by atoms with Gasteiger partial charge in [0.15, 0.2) is 0 Å². The zero-order valence-corrected chi connectivity index (χ0v) is 16.1. The Labute approximate surface area is 164 Å². The Bertz CT molecular complexity index is 971. The van der Waals surface area contributed by atoms with Crippen LogP contribution in [0.3, 0.4) is 0 Å². The standard InChI is InChI=1S/C21H25N5O2/c1-13-8-15(10-17(9-13)25-21-22-7-6-14(2)24-21)16-11-23-26(12-16)18-4-3-5-19(27)20(18)28/h6-12,18-20,27-28H,3-5H2,1-2H3,(H,22,24,25). The van der Waals surface area contributed by atoms with Crippen molar-refractivity contribution in [3.8, 4) is 11.1 Å². The van der Waals surface area contributed by atoms with E-state index >= 15 is 0 Å². The first kappa shape index (κ1) is 18.6. The number of aliphatic hydroxyl groups is 2. The van der Waals surface area contributed by atoms with Crippen LogP contribution in [0.4, 0.5) is 11.6 Å². The maximum absolute atomic E-state index is 10.3. The molecule has 0 aliphatic heterocycles. The molecule has 1 saturated carbocycles. The number of aryl methyl sites for hydroxylation is 2. The molecule has 0 bridgehead atoms. The van der Waals surface area contributed by atoms with E-state index in [1.165, 1.54) is 0 Å². The summed E-state index contributed by atoms with van der Waals surface area (Å²) in [5.74, 6) is 0.562. The number of benzene rings is 1. The molecule has 2 aromatic heterocycles. The summed E-state index contributed by atoms with van der Waals surface area (Å²) >= 11 is 0. The van der Waals surface area contributed by atoms with Crippen LogP contribution in [-0.4, -0.2) is 42.2 Å². The van der Waals surface area contributed by atoms with Crippen LogP contribution >= 0.6 is 0 Å². The summed E-state index contributed by atoms with van der Waals surface area (Å²) in [4.78, 5) is 8.65. The molecule has 146 valence electrons. The number of nitrogens with one attached hydrogen (secondary N) is 1. The van der Waals surface area contributed by atoms with Crippen LogP contribution in [0.2, 0.25) is 0 Å². The minimum absolute atomic E-state index is 0.194. The van der Waals surface area contributed by atoms with Gasteiger partial charge >= 0.3 is 0 Å². The Kier molecular flexibility index (Phi) is 5.11. The SMILES string of the molecule is Cc1cc(Nc2nccc(C)n2)cc(-c2cnn(C3CCCC(O)C3O)c2)c1. The number of aromatic nitrogens is 4. The minimum Gasteiger partial charge on any atom is -0.390 e. The largest absolute Gasteiger partial charge is 0.390 e. The zero-order chi connectivity index (χ0) is 19.7. The third kappa shape index (κ3) is 3.90. The lowest BCUT2D eigenvalue weighted by Gasteiger charge is -2.31. The molecule has 1 aliphatic rings. The van der Waals surface area contributed by atoms with Crippen molar-refractivity contribution in [2.45, 2.75) is 51.4 Å². The second-order valence-corrected chi connectivity index (χ2v) is 7.50. The van der Waals surface area contributed by atoms with Gasteiger partial charge in [-0.05, 0) is 62.4 Å². The van der Waals surface area contributed by atoms with E-state index in [0.29, 0.717) is 12.4 Å². The molecule has 2 heterocycles. The Morgan fingerprint density at radius 3 is 2.79 bits per heavy atom. The Balaban J connectivity index is 1.59. The monoisotopic (exact) mass is 379 g/mol. The van der Waals surface area contributed by atoms with Crippen LogP contribution in [0.15, 0.2) is 42.9 Å². The predicted octanol–water partition coefficient (Wildman–Crippen LogP) is 3.15. The highest BCUT2D eigenvalue weighted by Crippen LogP contribution is 2.31. The molecular weight excluding hydrogens is 354 g/mol. The summed E-state index contributed by atoms with van der Waals surface area (Å²) in [5.41, 5.74) is 4.89. The van der Waals surface area contributed by atoms with E-state index in [-0.39, 0.29) is 6.04 Å². The molecule has 7 heteroatoms. The van der Waals surface area contributed by atoms with Crippen LogP contribution < -0.4 is 5.32 Å². The number of anilines is 2. The first-order valence-electron chi connectivity index (χ1n) is 9.58. The number of rotatable bonds is 4. The maximum Gasteiger partial charge on any atom is 0.227 e. The predicted molar refractivity (Wildman–Crippen MR) is 107 cm³/mol. The molecular formula is C21H25N5O2. The molecule has 3 aromatic rings. The van der Waals surface area contributed by atoms with E-state index in [1.54, 1.807) is 17.1 Å². The van der Waals surface area contributed by atoms with Crippen LogP contribution in [0.5, 0.6) is 0 Å². The van der Waals surface area contributed by atoms with Gasteiger partial charge in [-0.25, -0.2) is 9.97 Å². The van der Waals surface area contributed by atoms with Gasteiger partial charge in [-0.3, -0.25) is 4.68 Å². The summed E-state index contributed by atoms with van der Waals surface area (Å²) < 4.78 is 1.78. The van der Waals surface area contributed by atoms with E-state index in [0.717, 1.165) is 40.9 Å². The lowest BCUT2D eigenvalue weighted by Crippen LogP contribution is -2.38. The highest BCUT2D eigenvalue weighted by Gasteiger charge is 2.32. The van der Waals surface area contributed by atoms with Gasteiger partial charge in [-0.1, -0.05) is 6.07 Å². The fourth-order valence-electron chi connectivity index (χ4n) is 3.75. The molecule has 0 saturated heterocycles. The average Bonchev–Trinajstić information content (AvgIpc) is 3.13. The molecule has 3 N–H and O–H groups in total. The molecule has 0 radical (unpaired) electrons. The first-order chi connectivity index (χ1) is 13.5. The van der Waals surface area contributed by atoms with Crippen molar-refractivity contribution in [2.75, 3.05) is 5.32 Å². The quantitative estimate of drug-likeness (QED) is 0.644. The topological polar surface area (TPSA) is 96.1 Å². The second kappa shape index (κ2) is 7.69. The van der Waals surface area contributed by atoms with Gasteiger partial charge in [0.25, 0.3) is 0 Å². The van der Waals surface area contributed by atoms with E-state index in [1.807, 2.05) is 38.2 Å². The van der Waals surface area contributed by atoms with Crippen LogP contribution in [0.25, 0.3) is 11.1 Å². The molecule has 1 aliphatic carbocycles. The fourth-order valence-corrected chi connectivity index (χ4v) is 3.75. The summed E-state index contributed by atoms with van der Waals surface area (Å²) in [5, 5.41) is 28.0. The molecule has 0 spiro atoms.